The van der Waals surface area contributed by atoms with E-state index in [1.54, 1.807) is 36.4 Å². The van der Waals surface area contributed by atoms with E-state index in [9.17, 15) is 4.79 Å². The molecule has 0 bridgehead atoms. The molecule has 100 valence electrons. The summed E-state index contributed by atoms with van der Waals surface area (Å²) in [5.74, 6) is -0.270. The van der Waals surface area contributed by atoms with Gasteiger partial charge in [-0.25, -0.2) is 4.98 Å². The number of hydrogen-bond acceptors (Lipinski definition) is 3. The third kappa shape index (κ3) is 2.61. The summed E-state index contributed by atoms with van der Waals surface area (Å²) >= 11 is 11.8. The number of carbonyl (C=O) groups excluding carboxylic acids is 1. The second-order valence-electron chi connectivity index (χ2n) is 4.15. The van der Waals surface area contributed by atoms with E-state index in [1.807, 2.05) is 0 Å². The molecule has 0 radical (unpaired) electrons. The van der Waals surface area contributed by atoms with Crippen molar-refractivity contribution >= 4 is 45.9 Å². The van der Waals surface area contributed by atoms with Crippen LogP contribution in [0.5, 0.6) is 0 Å². The normalized spacial score (nSPS) is 10.7. The van der Waals surface area contributed by atoms with E-state index in [2.05, 4.69) is 10.3 Å². The predicted octanol–water partition coefficient (Wildman–Crippen LogP) is 4.39. The number of fused-ring (bicyclic) bond motifs is 1. The minimum Gasteiger partial charge on any atom is -0.443 e. The molecule has 0 spiro atoms. The van der Waals surface area contributed by atoms with Gasteiger partial charge in [-0.15, -0.1) is 0 Å². The molecule has 2 aromatic carbocycles. The first-order valence-corrected chi connectivity index (χ1v) is 6.48. The van der Waals surface area contributed by atoms with Gasteiger partial charge in [-0.2, -0.15) is 0 Å². The number of benzene rings is 2. The van der Waals surface area contributed by atoms with Gasteiger partial charge in [0.15, 0.2) is 12.0 Å². The lowest BCUT2D eigenvalue weighted by Gasteiger charge is -2.06. The zero-order valence-corrected chi connectivity index (χ0v) is 11.6. The molecular weight excluding hydrogens is 299 g/mol. The Morgan fingerprint density at radius 3 is 2.60 bits per heavy atom. The first kappa shape index (κ1) is 13.0. The highest BCUT2D eigenvalue weighted by molar-refractivity contribution is 6.35. The van der Waals surface area contributed by atoms with Gasteiger partial charge in [0, 0.05) is 21.3 Å². The van der Waals surface area contributed by atoms with E-state index in [0.717, 1.165) is 0 Å². The van der Waals surface area contributed by atoms with E-state index in [0.29, 0.717) is 32.4 Å². The summed E-state index contributed by atoms with van der Waals surface area (Å²) in [6, 6.07) is 9.86. The molecule has 4 nitrogen and oxygen atoms in total. The van der Waals surface area contributed by atoms with Crippen molar-refractivity contribution in [3.05, 3.63) is 58.4 Å². The predicted molar refractivity (Wildman–Crippen MR) is 78.4 cm³/mol. The van der Waals surface area contributed by atoms with E-state index in [1.165, 1.54) is 6.39 Å². The maximum absolute atomic E-state index is 12.1. The topological polar surface area (TPSA) is 55.1 Å². The molecule has 0 unspecified atom stereocenters. The maximum Gasteiger partial charge on any atom is 0.255 e. The molecule has 6 heteroatoms. The summed E-state index contributed by atoms with van der Waals surface area (Å²) in [6.07, 6.45) is 1.34. The summed E-state index contributed by atoms with van der Waals surface area (Å²) < 4.78 is 5.12. The highest BCUT2D eigenvalue weighted by Crippen LogP contribution is 2.23. The van der Waals surface area contributed by atoms with Crippen LogP contribution in [0.4, 0.5) is 5.69 Å². The minimum absolute atomic E-state index is 0.270. The molecule has 0 aliphatic carbocycles. The fourth-order valence-electron chi connectivity index (χ4n) is 1.83. The van der Waals surface area contributed by atoms with Crippen LogP contribution in [0.15, 0.2) is 47.2 Å². The number of halogens is 2. The Balaban J connectivity index is 1.88. The van der Waals surface area contributed by atoms with Crippen molar-refractivity contribution in [2.45, 2.75) is 0 Å². The zero-order valence-electron chi connectivity index (χ0n) is 10.1. The molecule has 1 N–H and O–H groups in total. The van der Waals surface area contributed by atoms with Crippen molar-refractivity contribution in [3.63, 3.8) is 0 Å². The number of aromatic nitrogens is 1. The Morgan fingerprint density at radius 2 is 1.85 bits per heavy atom. The first-order chi connectivity index (χ1) is 9.61. The molecule has 3 aromatic rings. The molecule has 1 aromatic heterocycles. The van der Waals surface area contributed by atoms with Crippen molar-refractivity contribution in [3.8, 4) is 0 Å². The highest BCUT2D eigenvalue weighted by atomic mass is 35.5. The quantitative estimate of drug-likeness (QED) is 0.764. The van der Waals surface area contributed by atoms with Gasteiger partial charge in [-0.05, 0) is 36.4 Å². The van der Waals surface area contributed by atoms with Crippen LogP contribution in [0, 0.1) is 0 Å². The first-order valence-electron chi connectivity index (χ1n) is 5.72. The van der Waals surface area contributed by atoms with E-state index in [-0.39, 0.29) is 5.91 Å². The van der Waals surface area contributed by atoms with Crippen LogP contribution < -0.4 is 5.32 Å². The molecule has 3 rings (SSSR count). The number of amides is 1. The smallest absolute Gasteiger partial charge is 0.255 e. The van der Waals surface area contributed by atoms with Crippen molar-refractivity contribution in [1.82, 2.24) is 4.98 Å². The molecule has 0 saturated carbocycles. The number of nitrogens with one attached hydrogen (secondary N) is 1. The van der Waals surface area contributed by atoms with Crippen LogP contribution in [0.2, 0.25) is 10.0 Å². The summed E-state index contributed by atoms with van der Waals surface area (Å²) in [7, 11) is 0. The van der Waals surface area contributed by atoms with Crippen molar-refractivity contribution < 1.29 is 9.21 Å². The van der Waals surface area contributed by atoms with Gasteiger partial charge >= 0.3 is 0 Å². The lowest BCUT2D eigenvalue weighted by molar-refractivity contribution is 0.102. The SMILES string of the molecule is O=C(Nc1cc(Cl)cc(Cl)c1)c1ccc2ocnc2c1. The van der Waals surface area contributed by atoms with E-state index >= 15 is 0 Å². The monoisotopic (exact) mass is 306 g/mol. The average Bonchev–Trinajstić information content (AvgIpc) is 2.84. The molecule has 0 aliphatic heterocycles. The number of nitrogens with zero attached hydrogens (tertiary/aromatic N) is 1. The van der Waals surface area contributed by atoms with E-state index in [4.69, 9.17) is 27.6 Å². The molecule has 0 fully saturated rings. The minimum atomic E-state index is -0.270. The molecule has 20 heavy (non-hydrogen) atoms. The van der Waals surface area contributed by atoms with Crippen LogP contribution in [-0.2, 0) is 0 Å². The van der Waals surface area contributed by atoms with Gasteiger partial charge in [0.25, 0.3) is 5.91 Å². The number of oxazole rings is 1. The van der Waals surface area contributed by atoms with Crippen LogP contribution in [-0.4, -0.2) is 10.9 Å². The highest BCUT2D eigenvalue weighted by Gasteiger charge is 2.09. The summed E-state index contributed by atoms with van der Waals surface area (Å²) in [6.45, 7) is 0. The van der Waals surface area contributed by atoms with Gasteiger partial charge in [-0.3, -0.25) is 4.79 Å². The van der Waals surface area contributed by atoms with Gasteiger partial charge in [0.2, 0.25) is 0 Å². The number of hydrogen-bond donors (Lipinski definition) is 1. The second kappa shape index (κ2) is 5.15. The summed E-state index contributed by atoms with van der Waals surface area (Å²) in [5, 5.41) is 3.65. The Morgan fingerprint density at radius 1 is 1.10 bits per heavy atom. The molecule has 1 heterocycles. The number of rotatable bonds is 2. The van der Waals surface area contributed by atoms with E-state index < -0.39 is 0 Å². The van der Waals surface area contributed by atoms with Crippen LogP contribution in [0.25, 0.3) is 11.1 Å². The third-order valence-electron chi connectivity index (χ3n) is 2.71. The molecule has 0 aliphatic rings. The third-order valence-corrected chi connectivity index (χ3v) is 3.15. The van der Waals surface area contributed by atoms with Crippen molar-refractivity contribution in [2.24, 2.45) is 0 Å². The Labute approximate surface area is 124 Å². The molecular formula is C14H8Cl2N2O2. The number of carbonyl (C=O) groups is 1. The largest absolute Gasteiger partial charge is 0.443 e. The van der Waals surface area contributed by atoms with Crippen LogP contribution >= 0.6 is 23.2 Å². The molecule has 0 saturated heterocycles. The fourth-order valence-corrected chi connectivity index (χ4v) is 2.35. The average molecular weight is 307 g/mol. The summed E-state index contributed by atoms with van der Waals surface area (Å²) in [5.41, 5.74) is 2.27. The van der Waals surface area contributed by atoms with Crippen molar-refractivity contribution in [2.75, 3.05) is 5.32 Å². The molecule has 0 atom stereocenters. The standard InChI is InChI=1S/C14H8Cl2N2O2/c15-9-4-10(16)6-11(5-9)18-14(19)8-1-2-13-12(3-8)17-7-20-13/h1-7H,(H,18,19). The van der Waals surface area contributed by atoms with Gasteiger partial charge in [0.05, 0.1) is 0 Å². The van der Waals surface area contributed by atoms with Crippen LogP contribution in [0.1, 0.15) is 10.4 Å². The number of anilines is 1. The zero-order chi connectivity index (χ0) is 14.1. The van der Waals surface area contributed by atoms with Crippen LogP contribution in [0.3, 0.4) is 0 Å². The second-order valence-corrected chi connectivity index (χ2v) is 5.02. The fraction of sp³-hybridized carbons (Fsp3) is 0. The molecule has 1 amide bonds. The van der Waals surface area contributed by atoms with Gasteiger partial charge in [-0.1, -0.05) is 23.2 Å². The Bertz CT molecular complexity index is 778. The van der Waals surface area contributed by atoms with Crippen molar-refractivity contribution in [1.29, 1.82) is 0 Å². The van der Waals surface area contributed by atoms with Gasteiger partial charge < -0.3 is 9.73 Å². The Hall–Kier alpha value is -2.04. The van der Waals surface area contributed by atoms with Gasteiger partial charge in [0.1, 0.15) is 5.52 Å². The lowest BCUT2D eigenvalue weighted by atomic mass is 10.2. The summed E-state index contributed by atoms with van der Waals surface area (Å²) in [4.78, 5) is 16.2. The lowest BCUT2D eigenvalue weighted by Crippen LogP contribution is -2.11. The Kier molecular flexibility index (Phi) is 3.34. The maximum atomic E-state index is 12.1.